The molecule has 0 saturated heterocycles. The molecule has 0 aliphatic rings. The first kappa shape index (κ1) is 11.8. The van der Waals surface area contributed by atoms with Crippen LogP contribution in [0.25, 0.3) is 22.2 Å². The molecule has 3 rings (SSSR count). The lowest BCUT2D eigenvalue weighted by Gasteiger charge is -2.09. The molecule has 0 bridgehead atoms. The van der Waals surface area contributed by atoms with Gasteiger partial charge < -0.3 is 10.0 Å². The Morgan fingerprint density at radius 2 is 1.47 bits per heavy atom. The molecular weight excluding hydrogens is 239 g/mol. The Bertz CT molecular complexity index is 717. The molecule has 1 aromatic heterocycles. The molecule has 0 unspecified atom stereocenters. The van der Waals surface area contributed by atoms with Gasteiger partial charge in [-0.2, -0.15) is 0 Å². The summed E-state index contributed by atoms with van der Waals surface area (Å²) in [4.78, 5) is 8.52. The van der Waals surface area contributed by atoms with Gasteiger partial charge in [0.05, 0.1) is 11.0 Å². The second kappa shape index (κ2) is 4.80. The molecule has 1 heterocycles. The number of benzene rings is 2. The summed E-state index contributed by atoms with van der Waals surface area (Å²) in [7, 11) is -1.55. The SMILES string of the molecule is OB(O)c1ccc(-c2ccccc2)c2nccnc12. The minimum absolute atomic E-state index is 0.364. The molecule has 0 saturated carbocycles. The molecule has 5 heteroatoms. The maximum Gasteiger partial charge on any atom is 0.490 e. The topological polar surface area (TPSA) is 66.2 Å². The predicted molar refractivity (Wildman–Crippen MR) is 74.8 cm³/mol. The first-order chi connectivity index (χ1) is 9.27. The van der Waals surface area contributed by atoms with Crippen LogP contribution in [0.15, 0.2) is 54.9 Å². The molecule has 92 valence electrons. The van der Waals surface area contributed by atoms with E-state index in [4.69, 9.17) is 0 Å². The van der Waals surface area contributed by atoms with Gasteiger partial charge in [0.15, 0.2) is 0 Å². The van der Waals surface area contributed by atoms with Crippen molar-refractivity contribution in [1.82, 2.24) is 9.97 Å². The number of nitrogens with zero attached hydrogens (tertiary/aromatic N) is 2. The molecule has 0 aliphatic carbocycles. The van der Waals surface area contributed by atoms with E-state index in [1.165, 1.54) is 0 Å². The van der Waals surface area contributed by atoms with E-state index in [9.17, 15) is 10.0 Å². The van der Waals surface area contributed by atoms with Crippen LogP contribution >= 0.6 is 0 Å². The van der Waals surface area contributed by atoms with Crippen LogP contribution in [-0.4, -0.2) is 27.1 Å². The van der Waals surface area contributed by atoms with Crippen molar-refractivity contribution >= 4 is 23.6 Å². The average molecular weight is 250 g/mol. The van der Waals surface area contributed by atoms with Gasteiger partial charge in [-0.15, -0.1) is 0 Å². The molecule has 4 nitrogen and oxygen atoms in total. The molecule has 0 radical (unpaired) electrons. The highest BCUT2D eigenvalue weighted by molar-refractivity contribution is 6.61. The first-order valence-corrected chi connectivity index (χ1v) is 5.92. The highest BCUT2D eigenvalue weighted by atomic mass is 16.4. The summed E-state index contributed by atoms with van der Waals surface area (Å²) >= 11 is 0. The van der Waals surface area contributed by atoms with Crippen LogP contribution in [-0.2, 0) is 0 Å². The van der Waals surface area contributed by atoms with E-state index in [2.05, 4.69) is 9.97 Å². The van der Waals surface area contributed by atoms with Crippen molar-refractivity contribution in [2.45, 2.75) is 0 Å². The molecule has 3 aromatic rings. The summed E-state index contributed by atoms with van der Waals surface area (Å²) in [5.41, 5.74) is 3.49. The fourth-order valence-electron chi connectivity index (χ4n) is 2.14. The molecule has 0 spiro atoms. The third-order valence-electron chi connectivity index (χ3n) is 3.02. The summed E-state index contributed by atoms with van der Waals surface area (Å²) in [5.74, 6) is 0. The van der Waals surface area contributed by atoms with Crippen molar-refractivity contribution in [3.05, 3.63) is 54.9 Å². The number of aromatic nitrogens is 2. The zero-order valence-corrected chi connectivity index (χ0v) is 10.1. The number of hydrogen-bond acceptors (Lipinski definition) is 4. The lowest BCUT2D eigenvalue weighted by Crippen LogP contribution is -2.31. The minimum atomic E-state index is -1.55. The molecule has 19 heavy (non-hydrogen) atoms. The zero-order valence-electron chi connectivity index (χ0n) is 10.1. The normalized spacial score (nSPS) is 10.6. The predicted octanol–water partition coefficient (Wildman–Crippen LogP) is 0.977. The monoisotopic (exact) mass is 250 g/mol. The van der Waals surface area contributed by atoms with Gasteiger partial charge in [-0.3, -0.25) is 9.97 Å². The van der Waals surface area contributed by atoms with Crippen LogP contribution in [0.5, 0.6) is 0 Å². The average Bonchev–Trinajstić information content (AvgIpc) is 2.47. The van der Waals surface area contributed by atoms with Gasteiger partial charge in [0.2, 0.25) is 0 Å². The molecular formula is C14H11BN2O2. The Morgan fingerprint density at radius 1 is 0.789 bits per heavy atom. The van der Waals surface area contributed by atoms with Gasteiger partial charge in [-0.05, 0) is 5.56 Å². The van der Waals surface area contributed by atoms with E-state index < -0.39 is 7.12 Å². The number of fused-ring (bicyclic) bond motifs is 1. The summed E-state index contributed by atoms with van der Waals surface area (Å²) in [5, 5.41) is 18.7. The van der Waals surface area contributed by atoms with E-state index in [0.717, 1.165) is 11.1 Å². The van der Waals surface area contributed by atoms with Gasteiger partial charge in [-0.25, -0.2) is 0 Å². The van der Waals surface area contributed by atoms with Crippen molar-refractivity contribution in [1.29, 1.82) is 0 Å². The summed E-state index contributed by atoms with van der Waals surface area (Å²) in [6.45, 7) is 0. The van der Waals surface area contributed by atoms with Crippen molar-refractivity contribution in [2.24, 2.45) is 0 Å². The Balaban J connectivity index is 2.31. The standard InChI is InChI=1S/C14H11BN2O2/c18-15(19)12-7-6-11(10-4-2-1-3-5-10)13-14(12)17-9-8-16-13/h1-9,18-19H. The summed E-state index contributed by atoms with van der Waals surface area (Å²) in [6.07, 6.45) is 3.14. The highest BCUT2D eigenvalue weighted by Crippen LogP contribution is 2.24. The Morgan fingerprint density at radius 3 is 2.16 bits per heavy atom. The smallest absolute Gasteiger partial charge is 0.423 e. The summed E-state index contributed by atoms with van der Waals surface area (Å²) in [6, 6.07) is 13.3. The van der Waals surface area contributed by atoms with E-state index in [1.54, 1.807) is 18.5 Å². The second-order valence-corrected chi connectivity index (χ2v) is 4.20. The van der Waals surface area contributed by atoms with Gasteiger partial charge in [0, 0.05) is 23.4 Å². The van der Waals surface area contributed by atoms with Crippen LogP contribution in [0, 0.1) is 0 Å². The van der Waals surface area contributed by atoms with Crippen LogP contribution in [0.3, 0.4) is 0 Å². The van der Waals surface area contributed by atoms with Gasteiger partial charge in [0.1, 0.15) is 0 Å². The third-order valence-corrected chi connectivity index (χ3v) is 3.02. The van der Waals surface area contributed by atoms with Crippen molar-refractivity contribution in [3.63, 3.8) is 0 Å². The molecule has 0 amide bonds. The fourth-order valence-corrected chi connectivity index (χ4v) is 2.14. The Kier molecular flexibility index (Phi) is 2.99. The Hall–Kier alpha value is -2.24. The third kappa shape index (κ3) is 2.09. The number of rotatable bonds is 2. The largest absolute Gasteiger partial charge is 0.490 e. The zero-order chi connectivity index (χ0) is 13.2. The molecule has 2 N–H and O–H groups in total. The highest BCUT2D eigenvalue weighted by Gasteiger charge is 2.18. The number of hydrogen-bond donors (Lipinski definition) is 2. The summed E-state index contributed by atoms with van der Waals surface area (Å²) < 4.78 is 0. The lowest BCUT2D eigenvalue weighted by molar-refractivity contribution is 0.426. The maximum absolute atomic E-state index is 9.37. The maximum atomic E-state index is 9.37. The molecule has 0 atom stereocenters. The van der Waals surface area contributed by atoms with E-state index in [0.29, 0.717) is 16.5 Å². The molecule has 2 aromatic carbocycles. The quantitative estimate of drug-likeness (QED) is 0.665. The van der Waals surface area contributed by atoms with Crippen LogP contribution in [0.1, 0.15) is 0 Å². The van der Waals surface area contributed by atoms with Gasteiger partial charge in [0.25, 0.3) is 0 Å². The first-order valence-electron chi connectivity index (χ1n) is 5.92. The fraction of sp³-hybridized carbons (Fsp3) is 0. The minimum Gasteiger partial charge on any atom is -0.423 e. The van der Waals surface area contributed by atoms with Crippen molar-refractivity contribution in [3.8, 4) is 11.1 Å². The molecule has 0 fully saturated rings. The van der Waals surface area contributed by atoms with E-state index in [-0.39, 0.29) is 0 Å². The van der Waals surface area contributed by atoms with Crippen LogP contribution in [0.2, 0.25) is 0 Å². The second-order valence-electron chi connectivity index (χ2n) is 4.20. The lowest BCUT2D eigenvalue weighted by atomic mass is 9.78. The van der Waals surface area contributed by atoms with Crippen LogP contribution < -0.4 is 5.46 Å². The van der Waals surface area contributed by atoms with E-state index in [1.807, 2.05) is 36.4 Å². The van der Waals surface area contributed by atoms with Gasteiger partial charge >= 0.3 is 7.12 Å². The van der Waals surface area contributed by atoms with Gasteiger partial charge in [-0.1, -0.05) is 42.5 Å². The molecule has 0 aliphatic heterocycles. The van der Waals surface area contributed by atoms with E-state index >= 15 is 0 Å². The van der Waals surface area contributed by atoms with Crippen LogP contribution in [0.4, 0.5) is 0 Å². The van der Waals surface area contributed by atoms with Crippen molar-refractivity contribution < 1.29 is 10.0 Å². The Labute approximate surface area is 110 Å². The van der Waals surface area contributed by atoms with Crippen molar-refractivity contribution in [2.75, 3.05) is 0 Å².